The number of amides is 1. The highest BCUT2D eigenvalue weighted by atomic mass is 32.2. The molecule has 2 aromatic rings. The smallest absolute Gasteiger partial charge is 0.230 e. The van der Waals surface area contributed by atoms with Gasteiger partial charge in [0.25, 0.3) is 0 Å². The minimum Gasteiger partial charge on any atom is -0.352 e. The molecule has 1 aliphatic carbocycles. The summed E-state index contributed by atoms with van der Waals surface area (Å²) in [6.45, 7) is 0. The molecule has 1 aliphatic heterocycles. The number of nitrogens with one attached hydrogen (secondary N) is 1. The van der Waals surface area contributed by atoms with E-state index >= 15 is 0 Å². The normalized spacial score (nSPS) is 22.0. The first-order valence-corrected chi connectivity index (χ1v) is 13.8. The van der Waals surface area contributed by atoms with Crippen molar-refractivity contribution in [1.82, 2.24) is 20.1 Å². The fourth-order valence-corrected chi connectivity index (χ4v) is 7.32. The van der Waals surface area contributed by atoms with Crippen LogP contribution in [0.1, 0.15) is 55.3 Å². The molecule has 1 saturated heterocycles. The van der Waals surface area contributed by atoms with Gasteiger partial charge in [0.05, 0.1) is 17.3 Å². The summed E-state index contributed by atoms with van der Waals surface area (Å²) in [7, 11) is -3.00. The van der Waals surface area contributed by atoms with E-state index in [4.69, 9.17) is 0 Å². The molecule has 0 spiro atoms. The van der Waals surface area contributed by atoms with Crippen molar-refractivity contribution in [3.8, 4) is 0 Å². The van der Waals surface area contributed by atoms with Crippen molar-refractivity contribution >= 4 is 38.8 Å². The van der Waals surface area contributed by atoms with Crippen LogP contribution in [0.5, 0.6) is 0 Å². The molecule has 2 aliphatic rings. The van der Waals surface area contributed by atoms with E-state index in [1.807, 2.05) is 6.07 Å². The molecular formula is C19H26N4O3S3. The maximum absolute atomic E-state index is 12.4. The number of hydrogen-bond acceptors (Lipinski definition) is 7. The summed E-state index contributed by atoms with van der Waals surface area (Å²) in [6.07, 6.45) is 7.19. The fourth-order valence-electron chi connectivity index (χ4n) is 4.11. The molecular weight excluding hydrogens is 428 g/mol. The van der Waals surface area contributed by atoms with E-state index in [-0.39, 0.29) is 29.2 Å². The Morgan fingerprint density at radius 2 is 2.07 bits per heavy atom. The molecule has 1 N–H and O–H groups in total. The maximum atomic E-state index is 12.4. The first-order chi connectivity index (χ1) is 14.0. The van der Waals surface area contributed by atoms with Gasteiger partial charge in [0, 0.05) is 23.4 Å². The van der Waals surface area contributed by atoms with E-state index in [1.165, 1.54) is 35.9 Å². The van der Waals surface area contributed by atoms with Crippen LogP contribution in [0.3, 0.4) is 0 Å². The molecule has 158 valence electrons. The highest BCUT2D eigenvalue weighted by Crippen LogP contribution is 2.33. The van der Waals surface area contributed by atoms with E-state index in [0.717, 1.165) is 30.2 Å². The predicted octanol–water partition coefficient (Wildman–Crippen LogP) is 2.83. The van der Waals surface area contributed by atoms with E-state index in [2.05, 4.69) is 31.5 Å². The van der Waals surface area contributed by atoms with Gasteiger partial charge in [0.1, 0.15) is 5.82 Å². The number of carbonyl (C=O) groups excluding carboxylic acids is 1. The third-order valence-electron chi connectivity index (χ3n) is 5.52. The summed E-state index contributed by atoms with van der Waals surface area (Å²) in [5, 5.41) is 14.6. The standard InChI is InChI=1S/C19H26N4O3S3/c24-18(20-14-8-10-29(25,26)13-14)12-28-19-22-21-17(11-16-7-4-9-27-16)23(19)15-5-2-1-3-6-15/h4,7,9,14-15H,1-3,5-6,8,10-13H2,(H,20,24)/t14-/m1/s1. The Hall–Kier alpha value is -1.39. The Bertz CT molecular complexity index is 934. The molecule has 1 amide bonds. The predicted molar refractivity (Wildman–Crippen MR) is 115 cm³/mol. The molecule has 0 aromatic carbocycles. The lowest BCUT2D eigenvalue weighted by molar-refractivity contribution is -0.119. The summed E-state index contributed by atoms with van der Waals surface area (Å²) in [5.41, 5.74) is 0. The second-order valence-electron chi connectivity index (χ2n) is 7.77. The number of thiophene rings is 1. The average molecular weight is 455 g/mol. The van der Waals surface area contributed by atoms with Gasteiger partial charge in [-0.3, -0.25) is 4.79 Å². The zero-order chi connectivity index (χ0) is 20.3. The number of aromatic nitrogens is 3. The Morgan fingerprint density at radius 3 is 2.76 bits per heavy atom. The summed E-state index contributed by atoms with van der Waals surface area (Å²) >= 11 is 3.11. The van der Waals surface area contributed by atoms with Crippen LogP contribution in [0.2, 0.25) is 0 Å². The maximum Gasteiger partial charge on any atom is 0.230 e. The number of thioether (sulfide) groups is 1. The van der Waals surface area contributed by atoms with Gasteiger partial charge < -0.3 is 9.88 Å². The Balaban J connectivity index is 1.43. The molecule has 1 saturated carbocycles. The third-order valence-corrected chi connectivity index (χ3v) is 9.10. The van der Waals surface area contributed by atoms with Gasteiger partial charge in [0.2, 0.25) is 5.91 Å². The third kappa shape index (κ3) is 5.40. The van der Waals surface area contributed by atoms with Gasteiger partial charge in [-0.1, -0.05) is 37.1 Å². The monoisotopic (exact) mass is 454 g/mol. The molecule has 0 unspecified atom stereocenters. The molecule has 4 rings (SSSR count). The minimum atomic E-state index is -3.00. The summed E-state index contributed by atoms with van der Waals surface area (Å²) in [5.74, 6) is 1.25. The lowest BCUT2D eigenvalue weighted by atomic mass is 9.95. The lowest BCUT2D eigenvalue weighted by Gasteiger charge is -2.25. The van der Waals surface area contributed by atoms with Crippen molar-refractivity contribution in [2.75, 3.05) is 17.3 Å². The number of sulfone groups is 1. The van der Waals surface area contributed by atoms with Gasteiger partial charge in [0.15, 0.2) is 15.0 Å². The van der Waals surface area contributed by atoms with Crippen LogP contribution in [-0.4, -0.2) is 52.4 Å². The van der Waals surface area contributed by atoms with Gasteiger partial charge >= 0.3 is 0 Å². The van der Waals surface area contributed by atoms with Crippen molar-refractivity contribution in [1.29, 1.82) is 0 Å². The molecule has 1 atom stereocenters. The van der Waals surface area contributed by atoms with Gasteiger partial charge in [-0.05, 0) is 30.7 Å². The van der Waals surface area contributed by atoms with Gasteiger partial charge in [-0.2, -0.15) is 0 Å². The zero-order valence-corrected chi connectivity index (χ0v) is 18.7. The quantitative estimate of drug-likeness (QED) is 0.647. The second-order valence-corrected chi connectivity index (χ2v) is 12.0. The fraction of sp³-hybridized carbons (Fsp3) is 0.632. The van der Waals surface area contributed by atoms with E-state index < -0.39 is 9.84 Å². The number of rotatable bonds is 7. The highest BCUT2D eigenvalue weighted by Gasteiger charge is 2.29. The Labute approximate surface area is 179 Å². The number of carbonyl (C=O) groups is 1. The molecule has 3 heterocycles. The van der Waals surface area contributed by atoms with Gasteiger partial charge in [-0.15, -0.1) is 21.5 Å². The lowest BCUT2D eigenvalue weighted by Crippen LogP contribution is -2.36. The zero-order valence-electron chi connectivity index (χ0n) is 16.2. The minimum absolute atomic E-state index is 0.0482. The van der Waals surface area contributed by atoms with E-state index in [0.29, 0.717) is 12.5 Å². The number of hydrogen-bond donors (Lipinski definition) is 1. The molecule has 0 radical (unpaired) electrons. The van der Waals surface area contributed by atoms with Crippen LogP contribution in [0.15, 0.2) is 22.7 Å². The van der Waals surface area contributed by atoms with Crippen molar-refractivity contribution in [3.63, 3.8) is 0 Å². The molecule has 0 bridgehead atoms. The van der Waals surface area contributed by atoms with Crippen LogP contribution in [-0.2, 0) is 21.1 Å². The SMILES string of the molecule is O=C(CSc1nnc(Cc2cccs2)n1C1CCCCC1)N[C@@H]1CCS(=O)(=O)C1. The van der Waals surface area contributed by atoms with Crippen molar-refractivity contribution in [2.24, 2.45) is 0 Å². The van der Waals surface area contributed by atoms with Crippen molar-refractivity contribution in [2.45, 2.75) is 62.2 Å². The van der Waals surface area contributed by atoms with Crippen LogP contribution in [0.25, 0.3) is 0 Å². The first kappa shape index (κ1) is 20.9. The van der Waals surface area contributed by atoms with Gasteiger partial charge in [-0.25, -0.2) is 8.42 Å². The molecule has 7 nitrogen and oxygen atoms in total. The van der Waals surface area contributed by atoms with E-state index in [9.17, 15) is 13.2 Å². The van der Waals surface area contributed by atoms with Crippen molar-refractivity contribution < 1.29 is 13.2 Å². The Morgan fingerprint density at radius 1 is 1.24 bits per heavy atom. The molecule has 2 aromatic heterocycles. The molecule has 2 fully saturated rings. The average Bonchev–Trinajstić information content (AvgIpc) is 3.42. The summed E-state index contributed by atoms with van der Waals surface area (Å²) in [4.78, 5) is 13.6. The molecule has 10 heteroatoms. The number of nitrogens with zero attached hydrogens (tertiary/aromatic N) is 3. The highest BCUT2D eigenvalue weighted by molar-refractivity contribution is 7.99. The van der Waals surface area contributed by atoms with Crippen LogP contribution < -0.4 is 5.32 Å². The van der Waals surface area contributed by atoms with Crippen molar-refractivity contribution in [3.05, 3.63) is 28.2 Å². The topological polar surface area (TPSA) is 93.9 Å². The second kappa shape index (κ2) is 9.18. The summed E-state index contributed by atoms with van der Waals surface area (Å²) in [6, 6.07) is 4.28. The molecule has 29 heavy (non-hydrogen) atoms. The van der Waals surface area contributed by atoms with E-state index in [1.54, 1.807) is 11.3 Å². The van der Waals surface area contributed by atoms with Crippen LogP contribution in [0, 0.1) is 0 Å². The first-order valence-electron chi connectivity index (χ1n) is 10.1. The van der Waals surface area contributed by atoms with Crippen LogP contribution in [0.4, 0.5) is 0 Å². The van der Waals surface area contributed by atoms with Crippen LogP contribution >= 0.6 is 23.1 Å². The largest absolute Gasteiger partial charge is 0.352 e. The summed E-state index contributed by atoms with van der Waals surface area (Å²) < 4.78 is 25.4. The Kier molecular flexibility index (Phi) is 6.60.